The molecule has 232 valence electrons. The van der Waals surface area contributed by atoms with Crippen LogP contribution in [-0.4, -0.2) is 4.57 Å². The molecule has 11 rings (SSSR count). The number of nitrogens with zero attached hydrogens (tertiary/aromatic N) is 2. The summed E-state index contributed by atoms with van der Waals surface area (Å²) in [6, 6.07) is 52.6. The van der Waals surface area contributed by atoms with E-state index in [2.05, 4.69) is 145 Å². The minimum atomic E-state index is -0.127. The first-order chi connectivity index (χ1) is 24.1. The molecule has 2 aliphatic rings. The minimum Gasteiger partial charge on any atom is -0.453 e. The van der Waals surface area contributed by atoms with Gasteiger partial charge in [0.2, 0.25) is 0 Å². The number of para-hydroxylation sites is 5. The van der Waals surface area contributed by atoms with Crippen molar-refractivity contribution in [1.82, 2.24) is 4.57 Å². The van der Waals surface area contributed by atoms with Crippen molar-refractivity contribution in [2.24, 2.45) is 0 Å². The Labute approximate surface area is 287 Å². The van der Waals surface area contributed by atoms with E-state index in [9.17, 15) is 0 Å². The second-order valence-corrected chi connectivity index (χ2v) is 14.7. The molecule has 0 unspecified atom stereocenters. The van der Waals surface area contributed by atoms with Gasteiger partial charge >= 0.3 is 0 Å². The van der Waals surface area contributed by atoms with Crippen LogP contribution < -0.4 is 9.64 Å². The molecule has 0 N–H and O–H groups in total. The Bertz CT molecular complexity index is 2790. The number of aromatic nitrogens is 1. The summed E-state index contributed by atoms with van der Waals surface area (Å²) in [5.41, 5.74) is 12.3. The van der Waals surface area contributed by atoms with Gasteiger partial charge in [-0.15, -0.1) is 11.3 Å². The van der Waals surface area contributed by atoms with Crippen LogP contribution in [0.25, 0.3) is 58.8 Å². The third-order valence-corrected chi connectivity index (χ3v) is 11.9. The molecule has 0 atom stereocenters. The standard InChI is InChI=1S/C45H30N2OS/c1-45(2)32-16-6-3-13-29(32)39-40-30-14-4-7-17-33(30)47(43(40)44-41(42(39)45)31-15-5-12-22-38(31)49-44)28-25-23-27(24-26-28)46-34-18-8-10-20-36(34)48-37-21-11-9-19-35(37)46/h3-26H,1-2H3. The fourth-order valence-corrected chi connectivity index (χ4v) is 9.95. The van der Waals surface area contributed by atoms with Gasteiger partial charge in [0.25, 0.3) is 0 Å². The van der Waals surface area contributed by atoms with Gasteiger partial charge in [0.1, 0.15) is 0 Å². The van der Waals surface area contributed by atoms with E-state index in [0.29, 0.717) is 0 Å². The molecule has 1 aliphatic heterocycles. The number of thiophene rings is 1. The smallest absolute Gasteiger partial charge is 0.151 e. The van der Waals surface area contributed by atoms with Crippen molar-refractivity contribution in [3.05, 3.63) is 157 Å². The molecule has 49 heavy (non-hydrogen) atoms. The Hall–Kier alpha value is -5.84. The zero-order chi connectivity index (χ0) is 32.4. The highest BCUT2D eigenvalue weighted by molar-refractivity contribution is 7.26. The van der Waals surface area contributed by atoms with Crippen LogP contribution in [0.4, 0.5) is 17.1 Å². The van der Waals surface area contributed by atoms with E-state index in [1.54, 1.807) is 0 Å². The first-order valence-electron chi connectivity index (χ1n) is 16.9. The molecule has 9 aromatic rings. The first kappa shape index (κ1) is 27.1. The van der Waals surface area contributed by atoms with Crippen LogP contribution in [0.15, 0.2) is 146 Å². The summed E-state index contributed by atoms with van der Waals surface area (Å²) in [6.07, 6.45) is 0. The molecule has 3 heterocycles. The maximum Gasteiger partial charge on any atom is 0.151 e. The summed E-state index contributed by atoms with van der Waals surface area (Å²) in [4.78, 5) is 2.31. The van der Waals surface area contributed by atoms with Crippen LogP contribution in [0, 0.1) is 0 Å². The van der Waals surface area contributed by atoms with E-state index >= 15 is 0 Å². The Morgan fingerprint density at radius 1 is 0.571 bits per heavy atom. The number of ether oxygens (including phenoxy) is 1. The van der Waals surface area contributed by atoms with Gasteiger partial charge < -0.3 is 14.2 Å². The van der Waals surface area contributed by atoms with E-state index in [1.165, 1.54) is 64.2 Å². The van der Waals surface area contributed by atoms with E-state index in [-0.39, 0.29) is 5.41 Å². The van der Waals surface area contributed by atoms with Crippen molar-refractivity contribution in [2.75, 3.05) is 4.90 Å². The van der Waals surface area contributed by atoms with Gasteiger partial charge in [-0.05, 0) is 82.9 Å². The van der Waals surface area contributed by atoms with Crippen molar-refractivity contribution in [3.8, 4) is 28.3 Å². The Kier molecular flexibility index (Phi) is 5.33. The highest BCUT2D eigenvalue weighted by Gasteiger charge is 2.40. The summed E-state index contributed by atoms with van der Waals surface area (Å²) in [7, 11) is 0. The van der Waals surface area contributed by atoms with Crippen molar-refractivity contribution in [2.45, 2.75) is 19.3 Å². The third-order valence-electron chi connectivity index (χ3n) is 10.7. The molecule has 0 fully saturated rings. The Morgan fingerprint density at radius 2 is 1.18 bits per heavy atom. The molecule has 7 aromatic carbocycles. The van der Waals surface area contributed by atoms with Gasteiger partial charge in [0.15, 0.2) is 11.5 Å². The molecule has 4 heteroatoms. The number of hydrogen-bond acceptors (Lipinski definition) is 3. The largest absolute Gasteiger partial charge is 0.453 e. The summed E-state index contributed by atoms with van der Waals surface area (Å²) < 4.78 is 11.5. The molecular formula is C45H30N2OS. The van der Waals surface area contributed by atoms with E-state index in [0.717, 1.165) is 34.2 Å². The highest BCUT2D eigenvalue weighted by Crippen LogP contribution is 2.59. The van der Waals surface area contributed by atoms with Crippen LogP contribution in [-0.2, 0) is 5.41 Å². The van der Waals surface area contributed by atoms with Crippen molar-refractivity contribution >= 4 is 70.4 Å². The van der Waals surface area contributed by atoms with Crippen LogP contribution in [0.3, 0.4) is 0 Å². The van der Waals surface area contributed by atoms with Crippen LogP contribution in [0.1, 0.15) is 25.0 Å². The lowest BCUT2D eigenvalue weighted by Crippen LogP contribution is -2.15. The lowest BCUT2D eigenvalue weighted by atomic mass is 9.80. The summed E-state index contributed by atoms with van der Waals surface area (Å²) in [6.45, 7) is 4.82. The van der Waals surface area contributed by atoms with Crippen LogP contribution in [0.5, 0.6) is 11.5 Å². The molecule has 0 saturated carbocycles. The van der Waals surface area contributed by atoms with Crippen LogP contribution in [0.2, 0.25) is 0 Å². The average Bonchev–Trinajstić information content (AvgIpc) is 3.77. The van der Waals surface area contributed by atoms with E-state index in [1.807, 2.05) is 35.6 Å². The fourth-order valence-electron chi connectivity index (χ4n) is 8.70. The minimum absolute atomic E-state index is 0.127. The molecule has 1 aliphatic carbocycles. The summed E-state index contributed by atoms with van der Waals surface area (Å²) in [5.74, 6) is 1.72. The Balaban J connectivity index is 1.23. The lowest BCUT2D eigenvalue weighted by molar-refractivity contribution is 0.477. The lowest BCUT2D eigenvalue weighted by Gasteiger charge is -2.32. The molecule has 0 amide bonds. The summed E-state index contributed by atoms with van der Waals surface area (Å²) in [5, 5.41) is 5.38. The maximum atomic E-state index is 6.31. The van der Waals surface area contributed by atoms with E-state index < -0.39 is 0 Å². The number of fused-ring (bicyclic) bond motifs is 14. The van der Waals surface area contributed by atoms with Gasteiger partial charge in [-0.1, -0.05) is 98.8 Å². The van der Waals surface area contributed by atoms with Crippen molar-refractivity contribution in [3.63, 3.8) is 0 Å². The van der Waals surface area contributed by atoms with Gasteiger partial charge in [0, 0.05) is 43.0 Å². The molecule has 0 spiro atoms. The predicted octanol–water partition coefficient (Wildman–Crippen LogP) is 13.0. The van der Waals surface area contributed by atoms with Gasteiger partial charge in [-0.3, -0.25) is 0 Å². The quantitative estimate of drug-likeness (QED) is 0.186. The second kappa shape index (κ2) is 9.62. The number of anilines is 3. The molecule has 0 radical (unpaired) electrons. The maximum absolute atomic E-state index is 6.31. The molecule has 2 aromatic heterocycles. The zero-order valence-corrected chi connectivity index (χ0v) is 27.9. The number of hydrogen-bond donors (Lipinski definition) is 0. The molecular weight excluding hydrogens is 617 g/mol. The van der Waals surface area contributed by atoms with Crippen molar-refractivity contribution < 1.29 is 4.74 Å². The molecule has 0 saturated heterocycles. The molecule has 0 bridgehead atoms. The normalized spacial score (nSPS) is 14.2. The van der Waals surface area contributed by atoms with Crippen molar-refractivity contribution in [1.29, 1.82) is 0 Å². The zero-order valence-electron chi connectivity index (χ0n) is 27.1. The fraction of sp³-hybridized carbons (Fsp3) is 0.0667. The second-order valence-electron chi connectivity index (χ2n) is 13.7. The predicted molar refractivity (Wildman–Crippen MR) is 206 cm³/mol. The van der Waals surface area contributed by atoms with Gasteiger partial charge in [-0.25, -0.2) is 0 Å². The van der Waals surface area contributed by atoms with Gasteiger partial charge in [0.05, 0.1) is 27.1 Å². The topological polar surface area (TPSA) is 17.4 Å². The SMILES string of the molecule is CC1(C)c2ccccc2-c2c1c1c3ccccc3sc1c1c2c2ccccc2n1-c1ccc(N2c3ccccc3Oc3ccccc32)cc1. The average molecular weight is 647 g/mol. The monoisotopic (exact) mass is 646 g/mol. The van der Waals surface area contributed by atoms with Crippen LogP contribution >= 0.6 is 11.3 Å². The third kappa shape index (κ3) is 3.51. The Morgan fingerprint density at radius 3 is 1.96 bits per heavy atom. The summed E-state index contributed by atoms with van der Waals surface area (Å²) >= 11 is 1.93. The first-order valence-corrected chi connectivity index (χ1v) is 17.7. The highest BCUT2D eigenvalue weighted by atomic mass is 32.1. The van der Waals surface area contributed by atoms with E-state index in [4.69, 9.17) is 4.74 Å². The number of rotatable bonds is 2. The number of benzene rings is 7. The van der Waals surface area contributed by atoms with Gasteiger partial charge in [-0.2, -0.15) is 0 Å². The molecule has 3 nitrogen and oxygen atoms in total.